The number of carbonyl (C=O) groups is 1. The number of fused-ring (bicyclic) bond motifs is 2. The van der Waals surface area contributed by atoms with Gasteiger partial charge >= 0.3 is 0 Å². The first-order valence-electron chi connectivity index (χ1n) is 11.7. The molecule has 5 heteroatoms. The van der Waals surface area contributed by atoms with E-state index in [-0.39, 0.29) is 12.0 Å². The number of nitrogens with one attached hydrogen (secondary N) is 1. The van der Waals surface area contributed by atoms with E-state index in [1.807, 2.05) is 30.3 Å². The van der Waals surface area contributed by atoms with Gasteiger partial charge in [0.25, 0.3) is 0 Å². The number of hydrogen-bond acceptors (Lipinski definition) is 2. The van der Waals surface area contributed by atoms with Crippen LogP contribution in [0.3, 0.4) is 0 Å². The summed E-state index contributed by atoms with van der Waals surface area (Å²) < 4.78 is 2.38. The van der Waals surface area contributed by atoms with Crippen LogP contribution in [-0.4, -0.2) is 21.7 Å². The summed E-state index contributed by atoms with van der Waals surface area (Å²) in [5.41, 5.74) is 5.28. The molecule has 1 saturated carbocycles. The predicted octanol–water partition coefficient (Wildman–Crippen LogP) is 6.30. The van der Waals surface area contributed by atoms with E-state index in [2.05, 4.69) is 28.1 Å². The van der Waals surface area contributed by atoms with Crippen LogP contribution in [0, 0.1) is 0 Å². The van der Waals surface area contributed by atoms with Crippen molar-refractivity contribution >= 4 is 40.2 Å². The zero-order valence-electron chi connectivity index (χ0n) is 18.2. The Morgan fingerprint density at radius 3 is 2.78 bits per heavy atom. The summed E-state index contributed by atoms with van der Waals surface area (Å²) in [7, 11) is 0. The van der Waals surface area contributed by atoms with Gasteiger partial charge in [0.1, 0.15) is 0 Å². The number of aliphatic hydroxyl groups is 1. The molecular formula is C27H29ClN2O2. The fourth-order valence-electron chi connectivity index (χ4n) is 5.33. The van der Waals surface area contributed by atoms with E-state index >= 15 is 0 Å². The second-order valence-corrected chi connectivity index (χ2v) is 9.53. The van der Waals surface area contributed by atoms with Crippen molar-refractivity contribution in [3.8, 4) is 0 Å². The lowest BCUT2D eigenvalue weighted by Crippen LogP contribution is -2.21. The first-order valence-corrected chi connectivity index (χ1v) is 12.0. The summed E-state index contributed by atoms with van der Waals surface area (Å²) in [4.78, 5) is 12.8. The number of amides is 1. The van der Waals surface area contributed by atoms with Gasteiger partial charge in [0, 0.05) is 45.8 Å². The molecule has 2 aromatic carbocycles. The summed E-state index contributed by atoms with van der Waals surface area (Å²) in [6.07, 6.45) is 11.5. The number of aliphatic hydroxyl groups excluding tert-OH is 1. The molecule has 2 N–H and O–H groups in total. The molecule has 1 aromatic heterocycles. The fraction of sp³-hybridized carbons (Fsp3) is 0.370. The van der Waals surface area contributed by atoms with Crippen molar-refractivity contribution in [3.05, 3.63) is 70.4 Å². The van der Waals surface area contributed by atoms with Gasteiger partial charge in [0.05, 0.1) is 6.10 Å². The molecule has 2 aliphatic rings. The Bertz CT molecular complexity index is 1170. The van der Waals surface area contributed by atoms with Crippen LogP contribution in [0.5, 0.6) is 0 Å². The van der Waals surface area contributed by atoms with E-state index < -0.39 is 0 Å². The third kappa shape index (κ3) is 4.35. The highest BCUT2D eigenvalue weighted by atomic mass is 35.5. The van der Waals surface area contributed by atoms with Crippen molar-refractivity contribution in [3.63, 3.8) is 0 Å². The highest BCUT2D eigenvalue weighted by molar-refractivity contribution is 6.31. The van der Waals surface area contributed by atoms with E-state index in [4.69, 9.17) is 11.6 Å². The highest BCUT2D eigenvalue weighted by Crippen LogP contribution is 2.35. The first-order chi connectivity index (χ1) is 15.6. The number of aromatic nitrogens is 1. The summed E-state index contributed by atoms with van der Waals surface area (Å²) in [6, 6.07) is 14.6. The second-order valence-electron chi connectivity index (χ2n) is 9.10. The quantitative estimate of drug-likeness (QED) is 0.460. The zero-order valence-corrected chi connectivity index (χ0v) is 18.9. The Morgan fingerprint density at radius 1 is 1.09 bits per heavy atom. The molecule has 0 spiro atoms. The van der Waals surface area contributed by atoms with Gasteiger partial charge in [-0.1, -0.05) is 43.0 Å². The van der Waals surface area contributed by atoms with Crippen LogP contribution in [0.25, 0.3) is 17.0 Å². The molecule has 1 amide bonds. The molecule has 1 heterocycles. The monoisotopic (exact) mass is 448 g/mol. The Kier molecular flexibility index (Phi) is 6.07. The summed E-state index contributed by atoms with van der Waals surface area (Å²) in [6.45, 7) is 0. The van der Waals surface area contributed by atoms with Gasteiger partial charge in [0.2, 0.25) is 5.91 Å². The molecule has 3 aromatic rings. The molecule has 2 aliphatic carbocycles. The smallest absolute Gasteiger partial charge is 0.248 e. The molecular weight excluding hydrogens is 420 g/mol. The fourth-order valence-corrected chi connectivity index (χ4v) is 5.51. The van der Waals surface area contributed by atoms with Gasteiger partial charge in [0.15, 0.2) is 0 Å². The SMILES string of the molecule is O=C(/C=C/c1cc2cc(Cl)ccc2n1C1CCCCC1)Nc1cccc2c1C[C@@H](O)CC2. The molecule has 32 heavy (non-hydrogen) atoms. The van der Waals surface area contributed by atoms with Gasteiger partial charge in [-0.05, 0) is 73.2 Å². The Balaban J connectivity index is 1.42. The van der Waals surface area contributed by atoms with Crippen molar-refractivity contribution in [1.82, 2.24) is 4.57 Å². The van der Waals surface area contributed by atoms with Gasteiger partial charge < -0.3 is 15.0 Å². The summed E-state index contributed by atoms with van der Waals surface area (Å²) in [5, 5.41) is 14.9. The lowest BCUT2D eigenvalue weighted by molar-refractivity contribution is -0.111. The average molecular weight is 449 g/mol. The Morgan fingerprint density at radius 2 is 1.94 bits per heavy atom. The summed E-state index contributed by atoms with van der Waals surface area (Å²) >= 11 is 6.24. The molecule has 1 atom stereocenters. The summed E-state index contributed by atoms with van der Waals surface area (Å²) in [5.74, 6) is -0.156. The maximum Gasteiger partial charge on any atom is 0.248 e. The minimum absolute atomic E-state index is 0.156. The topological polar surface area (TPSA) is 54.3 Å². The maximum absolute atomic E-state index is 12.8. The van der Waals surface area contributed by atoms with Crippen LogP contribution < -0.4 is 5.32 Å². The van der Waals surface area contributed by atoms with Crippen LogP contribution in [0.15, 0.2) is 48.5 Å². The van der Waals surface area contributed by atoms with Crippen molar-refractivity contribution in [1.29, 1.82) is 0 Å². The van der Waals surface area contributed by atoms with E-state index in [1.165, 1.54) is 30.3 Å². The highest BCUT2D eigenvalue weighted by Gasteiger charge is 2.21. The Hall–Kier alpha value is -2.56. The van der Waals surface area contributed by atoms with Crippen molar-refractivity contribution < 1.29 is 9.90 Å². The number of rotatable bonds is 4. The maximum atomic E-state index is 12.8. The lowest BCUT2D eigenvalue weighted by Gasteiger charge is -2.26. The van der Waals surface area contributed by atoms with Crippen molar-refractivity contribution in [2.75, 3.05) is 5.32 Å². The van der Waals surface area contributed by atoms with Gasteiger partial charge in [-0.25, -0.2) is 0 Å². The Labute approximate surface area is 193 Å². The van der Waals surface area contributed by atoms with Crippen LogP contribution >= 0.6 is 11.6 Å². The van der Waals surface area contributed by atoms with E-state index in [0.717, 1.165) is 53.0 Å². The molecule has 0 aliphatic heterocycles. The second kappa shape index (κ2) is 9.13. The molecule has 0 radical (unpaired) electrons. The normalized spacial score (nSPS) is 19.4. The van der Waals surface area contributed by atoms with E-state index in [1.54, 1.807) is 6.08 Å². The molecule has 0 bridgehead atoms. The van der Waals surface area contributed by atoms with Crippen molar-refractivity contribution in [2.24, 2.45) is 0 Å². The van der Waals surface area contributed by atoms with Crippen LogP contribution in [-0.2, 0) is 17.6 Å². The number of nitrogens with zero attached hydrogens (tertiary/aromatic N) is 1. The van der Waals surface area contributed by atoms with E-state index in [9.17, 15) is 9.90 Å². The molecule has 4 nitrogen and oxygen atoms in total. The molecule has 166 valence electrons. The van der Waals surface area contributed by atoms with E-state index in [0.29, 0.717) is 12.5 Å². The van der Waals surface area contributed by atoms with Crippen LogP contribution in [0.4, 0.5) is 5.69 Å². The van der Waals surface area contributed by atoms with Crippen LogP contribution in [0.1, 0.15) is 61.4 Å². The lowest BCUT2D eigenvalue weighted by atomic mass is 9.88. The number of hydrogen-bond donors (Lipinski definition) is 2. The molecule has 0 unspecified atom stereocenters. The first kappa shape index (κ1) is 21.3. The minimum Gasteiger partial charge on any atom is -0.393 e. The zero-order chi connectivity index (χ0) is 22.1. The van der Waals surface area contributed by atoms with Crippen molar-refractivity contribution in [2.45, 2.75) is 63.5 Å². The van der Waals surface area contributed by atoms with Gasteiger partial charge in [-0.3, -0.25) is 4.79 Å². The minimum atomic E-state index is -0.339. The number of aryl methyl sites for hydroxylation is 1. The standard InChI is InChI=1S/C27H29ClN2O2/c28-20-10-13-26-19(15-20)16-22(30(26)21-6-2-1-3-7-21)11-14-27(32)29-25-8-4-5-18-9-12-23(31)17-24(18)25/h4-5,8,10-11,13-16,21,23,31H,1-3,6-7,9,12,17H2,(H,29,32)/b14-11+/t23-/m0/s1. The third-order valence-electron chi connectivity index (χ3n) is 6.89. The average Bonchev–Trinajstić information content (AvgIpc) is 3.16. The molecule has 5 rings (SSSR count). The largest absolute Gasteiger partial charge is 0.393 e. The third-order valence-corrected chi connectivity index (χ3v) is 7.13. The number of carbonyl (C=O) groups excluding carboxylic acids is 1. The van der Waals surface area contributed by atoms with Crippen LogP contribution in [0.2, 0.25) is 5.02 Å². The number of anilines is 1. The van der Waals surface area contributed by atoms with Gasteiger partial charge in [-0.2, -0.15) is 0 Å². The molecule has 0 saturated heterocycles. The predicted molar refractivity (Wildman–Crippen MR) is 131 cm³/mol. The number of halogens is 1. The van der Waals surface area contributed by atoms with Gasteiger partial charge in [-0.15, -0.1) is 0 Å². The number of benzene rings is 2. The molecule has 1 fully saturated rings.